The van der Waals surface area contributed by atoms with Crippen molar-refractivity contribution in [1.29, 1.82) is 0 Å². The average Bonchev–Trinajstić information content (AvgIpc) is 2.37. The first-order chi connectivity index (χ1) is 8.86. The Bertz CT molecular complexity index is 490. The maximum atomic E-state index is 11.7. The highest BCUT2D eigenvalue weighted by Crippen LogP contribution is 2.20. The Morgan fingerprint density at radius 3 is 2.42 bits per heavy atom. The lowest BCUT2D eigenvalue weighted by molar-refractivity contribution is -0.144. The second-order valence-corrected chi connectivity index (χ2v) is 4.66. The van der Waals surface area contributed by atoms with E-state index < -0.39 is 17.5 Å². The van der Waals surface area contributed by atoms with Gasteiger partial charge >= 0.3 is 12.0 Å². The van der Waals surface area contributed by atoms with Gasteiger partial charge in [0.2, 0.25) is 0 Å². The van der Waals surface area contributed by atoms with E-state index in [0.717, 1.165) is 0 Å². The van der Waals surface area contributed by atoms with Gasteiger partial charge in [-0.05, 0) is 12.5 Å². The number of carbonyl (C=O) groups is 2. The van der Waals surface area contributed by atoms with Gasteiger partial charge < -0.3 is 15.7 Å². The van der Waals surface area contributed by atoms with E-state index in [2.05, 4.69) is 17.2 Å². The Labute approximate surface area is 116 Å². The van der Waals surface area contributed by atoms with E-state index in [1.807, 2.05) is 0 Å². The first-order valence-electron chi connectivity index (χ1n) is 5.54. The van der Waals surface area contributed by atoms with Crippen LogP contribution in [-0.4, -0.2) is 23.7 Å². The van der Waals surface area contributed by atoms with Crippen molar-refractivity contribution in [2.45, 2.75) is 12.5 Å². The summed E-state index contributed by atoms with van der Waals surface area (Å²) in [7, 11) is 0. The van der Waals surface area contributed by atoms with Crippen LogP contribution in [0.15, 0.2) is 41.9 Å². The minimum atomic E-state index is -1.51. The first kappa shape index (κ1) is 15.0. The summed E-state index contributed by atoms with van der Waals surface area (Å²) in [6.07, 6.45) is 0. The lowest BCUT2D eigenvalue weighted by atomic mass is 9.92. The van der Waals surface area contributed by atoms with Gasteiger partial charge in [0.05, 0.1) is 6.54 Å². The number of carboxylic acid groups (broad SMARTS) is 1. The number of benzene rings is 1. The number of aliphatic carboxylic acids is 1. The molecule has 1 atom stereocenters. The zero-order chi connectivity index (χ0) is 14.5. The van der Waals surface area contributed by atoms with Gasteiger partial charge in [0.15, 0.2) is 5.54 Å². The van der Waals surface area contributed by atoms with Crippen LogP contribution >= 0.6 is 11.6 Å². The Morgan fingerprint density at radius 2 is 1.95 bits per heavy atom. The van der Waals surface area contributed by atoms with E-state index in [-0.39, 0.29) is 11.6 Å². The van der Waals surface area contributed by atoms with Crippen LogP contribution in [0.3, 0.4) is 0 Å². The minimum Gasteiger partial charge on any atom is -0.479 e. The molecule has 2 amide bonds. The van der Waals surface area contributed by atoms with Crippen molar-refractivity contribution in [3.8, 4) is 0 Å². The Kier molecular flexibility index (Phi) is 4.94. The van der Waals surface area contributed by atoms with Crippen molar-refractivity contribution in [2.24, 2.45) is 0 Å². The van der Waals surface area contributed by atoms with Crippen molar-refractivity contribution in [3.63, 3.8) is 0 Å². The predicted octanol–water partition coefficient (Wildman–Crippen LogP) is 2.04. The molecule has 0 aliphatic carbocycles. The van der Waals surface area contributed by atoms with E-state index in [1.54, 1.807) is 30.3 Å². The van der Waals surface area contributed by atoms with Crippen molar-refractivity contribution in [1.82, 2.24) is 10.6 Å². The molecule has 5 nitrogen and oxygen atoms in total. The Balaban J connectivity index is 2.87. The third kappa shape index (κ3) is 3.99. The molecule has 0 radical (unpaired) electrons. The number of hydrogen-bond acceptors (Lipinski definition) is 2. The van der Waals surface area contributed by atoms with Crippen LogP contribution in [-0.2, 0) is 10.3 Å². The summed E-state index contributed by atoms with van der Waals surface area (Å²) in [5.41, 5.74) is -1.04. The molecule has 0 bridgehead atoms. The lowest BCUT2D eigenvalue weighted by Crippen LogP contribution is -2.53. The zero-order valence-electron chi connectivity index (χ0n) is 10.4. The molecule has 0 aliphatic rings. The van der Waals surface area contributed by atoms with Gasteiger partial charge in [0.25, 0.3) is 0 Å². The summed E-state index contributed by atoms with van der Waals surface area (Å²) in [5, 5.41) is 14.4. The highest BCUT2D eigenvalue weighted by Gasteiger charge is 2.36. The van der Waals surface area contributed by atoms with Crippen molar-refractivity contribution in [3.05, 3.63) is 47.5 Å². The molecule has 0 saturated carbocycles. The molecular weight excluding hydrogens is 268 g/mol. The fourth-order valence-corrected chi connectivity index (χ4v) is 1.53. The van der Waals surface area contributed by atoms with Gasteiger partial charge in [-0.2, -0.15) is 0 Å². The topological polar surface area (TPSA) is 78.4 Å². The van der Waals surface area contributed by atoms with Gasteiger partial charge in [-0.15, -0.1) is 0 Å². The van der Waals surface area contributed by atoms with Gasteiger partial charge in [-0.25, -0.2) is 9.59 Å². The number of hydrogen-bond donors (Lipinski definition) is 3. The summed E-state index contributed by atoms with van der Waals surface area (Å²) >= 11 is 5.52. The molecule has 0 aliphatic heterocycles. The maximum Gasteiger partial charge on any atom is 0.333 e. The molecule has 0 saturated heterocycles. The van der Waals surface area contributed by atoms with Gasteiger partial charge in [-0.3, -0.25) is 0 Å². The third-order valence-corrected chi connectivity index (χ3v) is 2.72. The summed E-state index contributed by atoms with van der Waals surface area (Å²) < 4.78 is 0. The number of carboxylic acids is 1. The van der Waals surface area contributed by atoms with Crippen LogP contribution < -0.4 is 10.6 Å². The van der Waals surface area contributed by atoms with Crippen molar-refractivity contribution in [2.75, 3.05) is 6.54 Å². The molecule has 1 aromatic rings. The van der Waals surface area contributed by atoms with Gasteiger partial charge in [-0.1, -0.05) is 48.5 Å². The summed E-state index contributed by atoms with van der Waals surface area (Å²) in [6, 6.07) is 7.82. The first-order valence-corrected chi connectivity index (χ1v) is 5.92. The molecule has 0 fully saturated rings. The number of rotatable bonds is 5. The molecule has 1 aromatic carbocycles. The molecule has 102 valence electrons. The molecule has 1 rings (SSSR count). The van der Waals surface area contributed by atoms with E-state index in [9.17, 15) is 14.7 Å². The minimum absolute atomic E-state index is 0.0673. The Morgan fingerprint density at radius 1 is 1.37 bits per heavy atom. The number of halogens is 1. The number of urea groups is 1. The van der Waals surface area contributed by atoms with E-state index in [4.69, 9.17) is 11.6 Å². The second-order valence-electron chi connectivity index (χ2n) is 4.12. The molecule has 0 heterocycles. The fraction of sp³-hybridized carbons (Fsp3) is 0.231. The highest BCUT2D eigenvalue weighted by atomic mass is 35.5. The van der Waals surface area contributed by atoms with E-state index in [1.165, 1.54) is 6.92 Å². The van der Waals surface area contributed by atoms with Gasteiger partial charge in [0.1, 0.15) is 0 Å². The fourth-order valence-electron chi connectivity index (χ4n) is 1.47. The molecule has 0 spiro atoms. The zero-order valence-corrected chi connectivity index (χ0v) is 11.2. The van der Waals surface area contributed by atoms with Crippen molar-refractivity contribution < 1.29 is 14.7 Å². The van der Waals surface area contributed by atoms with E-state index >= 15 is 0 Å². The van der Waals surface area contributed by atoms with Crippen LogP contribution in [0.4, 0.5) is 4.79 Å². The quantitative estimate of drug-likeness (QED) is 0.773. The maximum absolute atomic E-state index is 11.7. The third-order valence-electron chi connectivity index (χ3n) is 2.58. The molecule has 1 unspecified atom stereocenters. The number of amides is 2. The molecule has 19 heavy (non-hydrogen) atoms. The molecule has 0 aromatic heterocycles. The summed E-state index contributed by atoms with van der Waals surface area (Å²) in [5.74, 6) is -1.15. The van der Waals surface area contributed by atoms with Crippen LogP contribution in [0.25, 0.3) is 0 Å². The molecule has 6 heteroatoms. The van der Waals surface area contributed by atoms with E-state index in [0.29, 0.717) is 5.56 Å². The predicted molar refractivity (Wildman–Crippen MR) is 73.0 cm³/mol. The van der Waals surface area contributed by atoms with Crippen LogP contribution in [0.1, 0.15) is 12.5 Å². The molecular formula is C13H15ClN2O3. The van der Waals surface area contributed by atoms with Crippen LogP contribution in [0.5, 0.6) is 0 Å². The Hall–Kier alpha value is -2.01. The summed E-state index contributed by atoms with van der Waals surface area (Å²) in [6.45, 7) is 4.91. The van der Waals surface area contributed by atoms with Crippen LogP contribution in [0.2, 0.25) is 0 Å². The van der Waals surface area contributed by atoms with Crippen molar-refractivity contribution >= 4 is 23.6 Å². The number of carbonyl (C=O) groups excluding carboxylic acids is 1. The smallest absolute Gasteiger partial charge is 0.333 e. The lowest BCUT2D eigenvalue weighted by Gasteiger charge is -2.26. The largest absolute Gasteiger partial charge is 0.479 e. The van der Waals surface area contributed by atoms with Gasteiger partial charge in [0, 0.05) is 5.03 Å². The normalized spacial score (nSPS) is 13.2. The standard InChI is InChI=1S/C13H15ClN2O3/c1-9(14)8-15-12(19)16-13(2,11(17)18)10-6-4-3-5-7-10/h3-7H,1,8H2,2H3,(H,17,18)(H2,15,16,19). The second kappa shape index (κ2) is 6.24. The average molecular weight is 283 g/mol. The highest BCUT2D eigenvalue weighted by molar-refractivity contribution is 6.29. The number of nitrogens with one attached hydrogen (secondary N) is 2. The SMILES string of the molecule is C=C(Cl)CNC(=O)NC(C)(C(=O)O)c1ccccc1. The monoisotopic (exact) mass is 282 g/mol. The van der Waals surface area contributed by atoms with Crippen LogP contribution in [0, 0.1) is 0 Å². The molecule has 3 N–H and O–H groups in total. The summed E-state index contributed by atoms with van der Waals surface area (Å²) in [4.78, 5) is 23.1.